The summed E-state index contributed by atoms with van der Waals surface area (Å²) in [5, 5.41) is 6.34. The topological polar surface area (TPSA) is 54.0 Å². The molecule has 0 unspecified atom stereocenters. The molecular formula is C14H21N3O. The first-order chi connectivity index (χ1) is 8.84. The molecule has 1 saturated carbocycles. The van der Waals surface area contributed by atoms with Crippen molar-refractivity contribution in [1.29, 1.82) is 0 Å². The second-order valence-electron chi connectivity index (χ2n) is 4.82. The molecule has 4 nitrogen and oxygen atoms in total. The van der Waals surface area contributed by atoms with Gasteiger partial charge in [-0.15, -0.1) is 0 Å². The van der Waals surface area contributed by atoms with Gasteiger partial charge >= 0.3 is 0 Å². The van der Waals surface area contributed by atoms with Crippen LogP contribution in [0.1, 0.15) is 37.7 Å². The summed E-state index contributed by atoms with van der Waals surface area (Å²) in [5.74, 6) is 0.101. The molecule has 0 aliphatic heterocycles. The summed E-state index contributed by atoms with van der Waals surface area (Å²) in [4.78, 5) is 15.6. The normalized spacial score (nSPS) is 15.8. The van der Waals surface area contributed by atoms with E-state index in [-0.39, 0.29) is 5.91 Å². The van der Waals surface area contributed by atoms with E-state index in [1.54, 1.807) is 12.4 Å². The fraction of sp³-hybridized carbons (Fsp3) is 0.571. The van der Waals surface area contributed by atoms with Gasteiger partial charge in [-0.05, 0) is 24.5 Å². The number of aromatic nitrogens is 1. The van der Waals surface area contributed by atoms with Crippen LogP contribution in [0, 0.1) is 0 Å². The van der Waals surface area contributed by atoms with Gasteiger partial charge in [-0.25, -0.2) is 0 Å². The van der Waals surface area contributed by atoms with E-state index in [1.807, 2.05) is 12.1 Å². The SMILES string of the molecule is O=C(CCNC1CCCC1)NCc1cccnc1. The summed E-state index contributed by atoms with van der Waals surface area (Å²) in [7, 11) is 0. The Balaban J connectivity index is 1.57. The minimum absolute atomic E-state index is 0.101. The van der Waals surface area contributed by atoms with Crippen molar-refractivity contribution in [3.8, 4) is 0 Å². The summed E-state index contributed by atoms with van der Waals surface area (Å²) in [6.07, 6.45) is 9.23. The smallest absolute Gasteiger partial charge is 0.221 e. The maximum absolute atomic E-state index is 11.6. The molecule has 1 amide bonds. The van der Waals surface area contributed by atoms with Gasteiger partial charge in [0.25, 0.3) is 0 Å². The number of rotatable bonds is 6. The number of pyridine rings is 1. The average molecular weight is 247 g/mol. The summed E-state index contributed by atoms with van der Waals surface area (Å²) in [6, 6.07) is 4.48. The van der Waals surface area contributed by atoms with E-state index in [0.717, 1.165) is 12.1 Å². The molecule has 1 heterocycles. The Morgan fingerprint density at radius 1 is 1.39 bits per heavy atom. The lowest BCUT2D eigenvalue weighted by Crippen LogP contribution is -2.31. The Kier molecular flexibility index (Phi) is 5.15. The van der Waals surface area contributed by atoms with Crippen LogP contribution in [0.2, 0.25) is 0 Å². The third kappa shape index (κ3) is 4.45. The first-order valence-corrected chi connectivity index (χ1v) is 6.73. The predicted molar refractivity (Wildman–Crippen MR) is 71.0 cm³/mol. The van der Waals surface area contributed by atoms with Gasteiger partial charge in [0.2, 0.25) is 5.91 Å². The van der Waals surface area contributed by atoms with Crippen molar-refractivity contribution >= 4 is 5.91 Å². The Labute approximate surface area is 108 Å². The van der Waals surface area contributed by atoms with Crippen LogP contribution in [-0.4, -0.2) is 23.5 Å². The average Bonchev–Trinajstić information content (AvgIpc) is 2.91. The van der Waals surface area contributed by atoms with Crippen molar-refractivity contribution < 1.29 is 4.79 Å². The van der Waals surface area contributed by atoms with Crippen LogP contribution in [0.3, 0.4) is 0 Å². The molecule has 2 N–H and O–H groups in total. The molecule has 0 spiro atoms. The van der Waals surface area contributed by atoms with Crippen molar-refractivity contribution in [3.63, 3.8) is 0 Å². The molecule has 98 valence electrons. The lowest BCUT2D eigenvalue weighted by Gasteiger charge is -2.11. The zero-order valence-corrected chi connectivity index (χ0v) is 10.7. The highest BCUT2D eigenvalue weighted by molar-refractivity contribution is 5.76. The molecule has 0 atom stereocenters. The lowest BCUT2D eigenvalue weighted by atomic mass is 10.2. The van der Waals surface area contributed by atoms with Crippen LogP contribution in [0.4, 0.5) is 0 Å². The zero-order valence-electron chi connectivity index (χ0n) is 10.7. The first kappa shape index (κ1) is 13.0. The maximum atomic E-state index is 11.6. The number of amides is 1. The molecule has 1 fully saturated rings. The van der Waals surface area contributed by atoms with Crippen molar-refractivity contribution in [2.75, 3.05) is 6.54 Å². The van der Waals surface area contributed by atoms with Crippen molar-refractivity contribution in [2.24, 2.45) is 0 Å². The van der Waals surface area contributed by atoms with Crippen LogP contribution in [0.5, 0.6) is 0 Å². The monoisotopic (exact) mass is 247 g/mol. The maximum Gasteiger partial charge on any atom is 0.221 e. The van der Waals surface area contributed by atoms with Crippen LogP contribution in [-0.2, 0) is 11.3 Å². The molecular weight excluding hydrogens is 226 g/mol. The minimum Gasteiger partial charge on any atom is -0.352 e. The van der Waals surface area contributed by atoms with E-state index in [2.05, 4.69) is 15.6 Å². The van der Waals surface area contributed by atoms with Crippen LogP contribution < -0.4 is 10.6 Å². The van der Waals surface area contributed by atoms with E-state index in [0.29, 0.717) is 19.0 Å². The number of hydrogen-bond acceptors (Lipinski definition) is 3. The second-order valence-corrected chi connectivity index (χ2v) is 4.82. The van der Waals surface area contributed by atoms with Gasteiger partial charge in [0, 0.05) is 37.9 Å². The van der Waals surface area contributed by atoms with Gasteiger partial charge in [-0.3, -0.25) is 9.78 Å². The second kappa shape index (κ2) is 7.11. The van der Waals surface area contributed by atoms with Gasteiger partial charge in [0.1, 0.15) is 0 Å². The number of carbonyl (C=O) groups excluding carboxylic acids is 1. The van der Waals surface area contributed by atoms with Crippen LogP contribution in [0.25, 0.3) is 0 Å². The Bertz CT molecular complexity index is 361. The fourth-order valence-electron chi connectivity index (χ4n) is 2.31. The first-order valence-electron chi connectivity index (χ1n) is 6.73. The van der Waals surface area contributed by atoms with Gasteiger partial charge < -0.3 is 10.6 Å². The minimum atomic E-state index is 0.101. The van der Waals surface area contributed by atoms with Crippen molar-refractivity contribution in [1.82, 2.24) is 15.6 Å². The number of nitrogens with one attached hydrogen (secondary N) is 2. The largest absolute Gasteiger partial charge is 0.352 e. The Morgan fingerprint density at radius 3 is 2.94 bits per heavy atom. The molecule has 1 aliphatic rings. The van der Waals surface area contributed by atoms with Gasteiger partial charge in [-0.2, -0.15) is 0 Å². The molecule has 2 rings (SSSR count). The summed E-state index contributed by atoms with van der Waals surface area (Å²) in [5.41, 5.74) is 1.04. The van der Waals surface area contributed by atoms with E-state index in [9.17, 15) is 4.79 Å². The Morgan fingerprint density at radius 2 is 2.22 bits per heavy atom. The van der Waals surface area contributed by atoms with E-state index in [4.69, 9.17) is 0 Å². The van der Waals surface area contributed by atoms with Crippen LogP contribution >= 0.6 is 0 Å². The molecule has 4 heteroatoms. The third-order valence-electron chi connectivity index (χ3n) is 3.35. The highest BCUT2D eigenvalue weighted by Gasteiger charge is 2.13. The molecule has 1 aliphatic carbocycles. The van der Waals surface area contributed by atoms with E-state index >= 15 is 0 Å². The molecule has 0 saturated heterocycles. The highest BCUT2D eigenvalue weighted by atomic mass is 16.1. The van der Waals surface area contributed by atoms with Crippen LogP contribution in [0.15, 0.2) is 24.5 Å². The number of hydrogen-bond donors (Lipinski definition) is 2. The molecule has 1 aromatic heterocycles. The fourth-order valence-corrected chi connectivity index (χ4v) is 2.31. The standard InChI is InChI=1S/C14H21N3O/c18-14(7-9-16-13-5-1-2-6-13)17-11-12-4-3-8-15-10-12/h3-4,8,10,13,16H,1-2,5-7,9,11H2,(H,17,18). The highest BCUT2D eigenvalue weighted by Crippen LogP contribution is 2.17. The van der Waals surface area contributed by atoms with Crippen molar-refractivity contribution in [2.45, 2.75) is 44.7 Å². The molecule has 0 radical (unpaired) electrons. The van der Waals surface area contributed by atoms with Gasteiger partial charge in [-0.1, -0.05) is 18.9 Å². The quantitative estimate of drug-likeness (QED) is 0.803. The predicted octanol–water partition coefficient (Wildman–Crippen LogP) is 1.62. The van der Waals surface area contributed by atoms with Crippen molar-refractivity contribution in [3.05, 3.63) is 30.1 Å². The van der Waals surface area contributed by atoms with E-state index in [1.165, 1.54) is 25.7 Å². The summed E-state index contributed by atoms with van der Waals surface area (Å²) < 4.78 is 0. The van der Waals surface area contributed by atoms with Gasteiger partial charge in [0.05, 0.1) is 0 Å². The summed E-state index contributed by atoms with van der Waals surface area (Å²) >= 11 is 0. The Hall–Kier alpha value is -1.42. The molecule has 1 aromatic rings. The third-order valence-corrected chi connectivity index (χ3v) is 3.35. The molecule has 18 heavy (non-hydrogen) atoms. The van der Waals surface area contributed by atoms with E-state index < -0.39 is 0 Å². The number of nitrogens with zero attached hydrogens (tertiary/aromatic N) is 1. The molecule has 0 bridgehead atoms. The summed E-state index contributed by atoms with van der Waals surface area (Å²) in [6.45, 7) is 1.35. The number of carbonyl (C=O) groups is 1. The zero-order chi connectivity index (χ0) is 12.6. The van der Waals surface area contributed by atoms with Gasteiger partial charge in [0.15, 0.2) is 0 Å². The lowest BCUT2D eigenvalue weighted by molar-refractivity contribution is -0.121. The molecule has 0 aromatic carbocycles.